The summed E-state index contributed by atoms with van der Waals surface area (Å²) in [6, 6.07) is 4.05. The maximum Gasteiger partial charge on any atom is 0.241 e. The monoisotopic (exact) mass is 247 g/mol. The average Bonchev–Trinajstić information content (AvgIpc) is 2.29. The van der Waals surface area contributed by atoms with Gasteiger partial charge in [0.2, 0.25) is 5.91 Å². The summed E-state index contributed by atoms with van der Waals surface area (Å²) in [7, 11) is 0. The molecule has 0 radical (unpaired) electrons. The van der Waals surface area contributed by atoms with Crippen molar-refractivity contribution in [3.8, 4) is 0 Å². The van der Waals surface area contributed by atoms with E-state index in [1.54, 1.807) is 0 Å². The van der Waals surface area contributed by atoms with Crippen LogP contribution in [-0.4, -0.2) is 30.5 Å². The number of carbonyl (C=O) groups is 1. The highest BCUT2D eigenvalue weighted by Crippen LogP contribution is 2.25. The third-order valence-electron chi connectivity index (χ3n) is 3.21. The van der Waals surface area contributed by atoms with Gasteiger partial charge in [0.15, 0.2) is 0 Å². The lowest BCUT2D eigenvalue weighted by molar-refractivity contribution is -0.118. The molecule has 0 atom stereocenters. The van der Waals surface area contributed by atoms with Crippen LogP contribution in [0.4, 0.5) is 5.69 Å². The summed E-state index contributed by atoms with van der Waals surface area (Å²) in [5.74, 6) is 0.120. The second-order valence-electron chi connectivity index (χ2n) is 5.77. The van der Waals surface area contributed by atoms with Crippen LogP contribution in [0, 0.1) is 6.92 Å². The lowest BCUT2D eigenvalue weighted by Crippen LogP contribution is -2.48. The molecule has 0 aromatic carbocycles. The number of hydrogen-bond acceptors (Lipinski definition) is 3. The molecule has 2 rings (SSSR count). The standard InChI is InChI=1S/C14H21N3O/c1-10-11(17-8-7-15-9-13(17)18)5-6-12(16-10)14(2,3)4/h5-6,15H,7-9H2,1-4H3. The minimum Gasteiger partial charge on any atom is -0.308 e. The van der Waals surface area contributed by atoms with E-state index in [-0.39, 0.29) is 11.3 Å². The smallest absolute Gasteiger partial charge is 0.241 e. The number of anilines is 1. The summed E-state index contributed by atoms with van der Waals surface area (Å²) in [6.45, 7) is 10.4. The van der Waals surface area contributed by atoms with Crippen LogP contribution in [0.15, 0.2) is 12.1 Å². The van der Waals surface area contributed by atoms with Gasteiger partial charge in [-0.3, -0.25) is 9.78 Å². The topological polar surface area (TPSA) is 45.2 Å². The second kappa shape index (κ2) is 4.69. The van der Waals surface area contributed by atoms with Crippen LogP contribution in [0.5, 0.6) is 0 Å². The summed E-state index contributed by atoms with van der Waals surface area (Å²) in [5.41, 5.74) is 2.97. The van der Waals surface area contributed by atoms with Crippen molar-refractivity contribution in [1.29, 1.82) is 0 Å². The number of piperazine rings is 1. The fourth-order valence-electron chi connectivity index (χ4n) is 2.12. The maximum absolute atomic E-state index is 11.9. The molecule has 18 heavy (non-hydrogen) atoms. The summed E-state index contributed by atoms with van der Waals surface area (Å²) < 4.78 is 0. The predicted molar refractivity (Wildman–Crippen MR) is 72.9 cm³/mol. The molecule has 0 unspecified atom stereocenters. The van der Waals surface area contributed by atoms with Crippen molar-refractivity contribution in [3.05, 3.63) is 23.5 Å². The molecular weight excluding hydrogens is 226 g/mol. The third kappa shape index (κ3) is 2.53. The summed E-state index contributed by atoms with van der Waals surface area (Å²) in [5, 5.41) is 3.08. The number of amides is 1. The average molecular weight is 247 g/mol. The molecule has 1 amide bonds. The van der Waals surface area contributed by atoms with Crippen molar-refractivity contribution in [3.63, 3.8) is 0 Å². The fraction of sp³-hybridized carbons (Fsp3) is 0.571. The number of aromatic nitrogens is 1. The molecule has 0 spiro atoms. The van der Waals surface area contributed by atoms with Crippen LogP contribution in [0.25, 0.3) is 0 Å². The largest absolute Gasteiger partial charge is 0.308 e. The quantitative estimate of drug-likeness (QED) is 0.820. The van der Waals surface area contributed by atoms with E-state index in [9.17, 15) is 4.79 Å². The lowest BCUT2D eigenvalue weighted by Gasteiger charge is -2.29. The zero-order chi connectivity index (χ0) is 13.3. The van der Waals surface area contributed by atoms with Gasteiger partial charge >= 0.3 is 0 Å². The van der Waals surface area contributed by atoms with E-state index in [0.29, 0.717) is 6.54 Å². The highest BCUT2D eigenvalue weighted by Gasteiger charge is 2.23. The molecule has 0 saturated carbocycles. The van der Waals surface area contributed by atoms with Gasteiger partial charge in [-0.2, -0.15) is 0 Å². The van der Waals surface area contributed by atoms with Crippen molar-refractivity contribution in [2.24, 2.45) is 0 Å². The first-order chi connectivity index (χ1) is 8.39. The Morgan fingerprint density at radius 3 is 2.61 bits per heavy atom. The molecular formula is C14H21N3O. The van der Waals surface area contributed by atoms with Gasteiger partial charge in [0.05, 0.1) is 17.9 Å². The summed E-state index contributed by atoms with van der Waals surface area (Å²) >= 11 is 0. The lowest BCUT2D eigenvalue weighted by atomic mass is 9.91. The molecule has 4 heteroatoms. The molecule has 1 aliphatic rings. The third-order valence-corrected chi connectivity index (χ3v) is 3.21. The van der Waals surface area contributed by atoms with Crippen molar-refractivity contribution < 1.29 is 4.79 Å². The first-order valence-corrected chi connectivity index (χ1v) is 6.39. The van der Waals surface area contributed by atoms with Crippen molar-refractivity contribution in [2.45, 2.75) is 33.1 Å². The highest BCUT2D eigenvalue weighted by molar-refractivity contribution is 5.96. The number of hydrogen-bond donors (Lipinski definition) is 1. The van der Waals surface area contributed by atoms with Gasteiger partial charge in [-0.05, 0) is 19.1 Å². The van der Waals surface area contributed by atoms with Crippen LogP contribution < -0.4 is 10.2 Å². The molecule has 1 aromatic rings. The Balaban J connectivity index is 2.32. The molecule has 1 aliphatic heterocycles. The molecule has 2 heterocycles. The molecule has 0 bridgehead atoms. The van der Waals surface area contributed by atoms with Crippen LogP contribution in [0.1, 0.15) is 32.2 Å². The van der Waals surface area contributed by atoms with Crippen molar-refractivity contribution >= 4 is 11.6 Å². The Hall–Kier alpha value is -1.42. The van der Waals surface area contributed by atoms with Gasteiger partial charge in [-0.15, -0.1) is 0 Å². The van der Waals surface area contributed by atoms with Gasteiger partial charge in [-0.1, -0.05) is 20.8 Å². The molecule has 1 aromatic heterocycles. The molecule has 1 saturated heterocycles. The number of aryl methyl sites for hydroxylation is 1. The van der Waals surface area contributed by atoms with Crippen LogP contribution in [-0.2, 0) is 10.2 Å². The van der Waals surface area contributed by atoms with E-state index in [4.69, 9.17) is 0 Å². The van der Waals surface area contributed by atoms with E-state index >= 15 is 0 Å². The van der Waals surface area contributed by atoms with Crippen LogP contribution >= 0.6 is 0 Å². The second-order valence-corrected chi connectivity index (χ2v) is 5.77. The SMILES string of the molecule is Cc1nc(C(C)(C)C)ccc1N1CCNCC1=O. The predicted octanol–water partition coefficient (Wildman–Crippen LogP) is 1.62. The van der Waals surface area contributed by atoms with Gasteiger partial charge in [0.1, 0.15) is 0 Å². The molecule has 1 N–H and O–H groups in total. The first-order valence-electron chi connectivity index (χ1n) is 6.39. The van der Waals surface area contributed by atoms with E-state index in [0.717, 1.165) is 30.2 Å². The number of nitrogens with one attached hydrogen (secondary N) is 1. The van der Waals surface area contributed by atoms with E-state index < -0.39 is 0 Å². The highest BCUT2D eigenvalue weighted by atomic mass is 16.2. The molecule has 1 fully saturated rings. The van der Waals surface area contributed by atoms with Crippen LogP contribution in [0.2, 0.25) is 0 Å². The van der Waals surface area contributed by atoms with Gasteiger partial charge in [0, 0.05) is 24.2 Å². The normalized spacial score (nSPS) is 17.1. The van der Waals surface area contributed by atoms with E-state index in [1.165, 1.54) is 0 Å². The Morgan fingerprint density at radius 2 is 2.06 bits per heavy atom. The zero-order valence-electron chi connectivity index (χ0n) is 11.6. The number of pyridine rings is 1. The minimum absolute atomic E-state index is 0.0384. The summed E-state index contributed by atoms with van der Waals surface area (Å²) in [6.07, 6.45) is 0. The number of nitrogens with zero attached hydrogens (tertiary/aromatic N) is 2. The molecule has 0 aliphatic carbocycles. The fourth-order valence-corrected chi connectivity index (χ4v) is 2.12. The Bertz CT molecular complexity index is 463. The number of rotatable bonds is 1. The Morgan fingerprint density at radius 1 is 1.33 bits per heavy atom. The van der Waals surface area contributed by atoms with Gasteiger partial charge in [0.25, 0.3) is 0 Å². The number of carbonyl (C=O) groups excluding carboxylic acids is 1. The van der Waals surface area contributed by atoms with Crippen molar-refractivity contribution in [2.75, 3.05) is 24.5 Å². The van der Waals surface area contributed by atoms with E-state index in [1.807, 2.05) is 24.0 Å². The minimum atomic E-state index is 0.0384. The first kappa shape index (κ1) is 13.0. The molecule has 98 valence electrons. The van der Waals surface area contributed by atoms with Crippen LogP contribution in [0.3, 0.4) is 0 Å². The zero-order valence-corrected chi connectivity index (χ0v) is 11.6. The van der Waals surface area contributed by atoms with Gasteiger partial charge in [-0.25, -0.2) is 0 Å². The maximum atomic E-state index is 11.9. The van der Waals surface area contributed by atoms with Crippen molar-refractivity contribution in [1.82, 2.24) is 10.3 Å². The summed E-state index contributed by atoms with van der Waals surface area (Å²) in [4.78, 5) is 18.3. The Kier molecular flexibility index (Phi) is 3.39. The van der Waals surface area contributed by atoms with E-state index in [2.05, 4.69) is 31.1 Å². The Labute approximate surface area is 108 Å². The van der Waals surface area contributed by atoms with Gasteiger partial charge < -0.3 is 10.2 Å². The molecule has 4 nitrogen and oxygen atoms in total.